The Balaban J connectivity index is 5.48. The van der Waals surface area contributed by atoms with Crippen LogP contribution in [-0.4, -0.2) is 73.5 Å². The zero-order valence-electron chi connectivity index (χ0n) is 17.9. The number of rotatable bonds is 15. The molecule has 35 heavy (non-hydrogen) atoms. The molecule has 0 aromatic heterocycles. The monoisotopic (exact) mass is 554 g/mol. The number of alkyl halides is 9. The van der Waals surface area contributed by atoms with Crippen molar-refractivity contribution in [2.45, 2.75) is 37.8 Å². The molecule has 0 fully saturated rings. The maximum absolute atomic E-state index is 12.7. The molecular formula is C18H24F9O7P. The number of phosphoric acid groups is 1. The first kappa shape index (κ1) is 33.6. The van der Waals surface area contributed by atoms with Gasteiger partial charge in [-0.25, -0.2) is 4.57 Å². The van der Waals surface area contributed by atoms with Crippen LogP contribution in [-0.2, 0) is 18.1 Å². The van der Waals surface area contributed by atoms with Crippen LogP contribution in [0.3, 0.4) is 0 Å². The molecule has 0 aromatic rings. The maximum Gasteiger partial charge on any atom is 0.475 e. The van der Waals surface area contributed by atoms with Gasteiger partial charge in [0.05, 0.1) is 58.9 Å². The van der Waals surface area contributed by atoms with Crippen LogP contribution in [0.2, 0.25) is 0 Å². The van der Waals surface area contributed by atoms with Crippen LogP contribution in [0.4, 0.5) is 39.5 Å². The van der Waals surface area contributed by atoms with Crippen molar-refractivity contribution in [3.8, 4) is 0 Å². The van der Waals surface area contributed by atoms with Crippen molar-refractivity contribution in [1.29, 1.82) is 0 Å². The third-order valence-corrected chi connectivity index (χ3v) is 5.10. The van der Waals surface area contributed by atoms with Crippen LogP contribution in [0.25, 0.3) is 0 Å². The van der Waals surface area contributed by atoms with Gasteiger partial charge in [0.25, 0.3) is 0 Å². The zero-order valence-corrected chi connectivity index (χ0v) is 18.8. The molecule has 0 rings (SSSR count). The Morgan fingerprint density at radius 2 is 0.800 bits per heavy atom. The lowest BCUT2D eigenvalue weighted by Gasteiger charge is -2.17. The van der Waals surface area contributed by atoms with E-state index in [1.807, 2.05) is 0 Å². The SMILES string of the molecule is O=P(OC/C=C(\CO)CC(F)(F)F)(OC/C=C(\CO)CC(F)(F)F)OC/C=C(\CO)CC(F)(F)F. The Hall–Kier alpha value is -1.42. The first-order chi connectivity index (χ1) is 15.9. The zero-order chi connectivity index (χ0) is 27.3. The van der Waals surface area contributed by atoms with Crippen LogP contribution in [0.5, 0.6) is 0 Å². The summed E-state index contributed by atoms with van der Waals surface area (Å²) in [6.07, 6.45) is -16.7. The highest BCUT2D eigenvalue weighted by atomic mass is 31.2. The van der Waals surface area contributed by atoms with Crippen LogP contribution < -0.4 is 0 Å². The van der Waals surface area contributed by atoms with Crippen molar-refractivity contribution in [2.24, 2.45) is 0 Å². The van der Waals surface area contributed by atoms with Crippen molar-refractivity contribution in [3.05, 3.63) is 34.9 Å². The molecule has 0 bridgehead atoms. The highest BCUT2D eigenvalue weighted by Crippen LogP contribution is 2.49. The average molecular weight is 554 g/mol. The largest absolute Gasteiger partial charge is 0.475 e. The Labute approximate surface area is 194 Å². The number of aliphatic hydroxyl groups excluding tert-OH is 3. The summed E-state index contributed by atoms with van der Waals surface area (Å²) in [7, 11) is -4.80. The van der Waals surface area contributed by atoms with Gasteiger partial charge in [-0.3, -0.25) is 13.6 Å². The van der Waals surface area contributed by atoms with Gasteiger partial charge in [0.15, 0.2) is 0 Å². The Kier molecular flexibility index (Phi) is 14.4. The minimum atomic E-state index is -4.80. The molecule has 0 amide bonds. The normalized spacial score (nSPS) is 15.1. The molecule has 0 atom stereocenters. The van der Waals surface area contributed by atoms with Crippen LogP contribution in [0, 0.1) is 0 Å². The molecule has 17 heteroatoms. The fourth-order valence-electron chi connectivity index (χ4n) is 2.20. The van der Waals surface area contributed by atoms with Crippen molar-refractivity contribution in [1.82, 2.24) is 0 Å². The molecular weight excluding hydrogens is 530 g/mol. The molecule has 0 unspecified atom stereocenters. The predicted octanol–water partition coefficient (Wildman–Crippen LogP) is 4.76. The third kappa shape index (κ3) is 18.5. The second-order valence-electron chi connectivity index (χ2n) is 6.77. The molecule has 0 heterocycles. The number of halogens is 9. The number of hydrogen-bond donors (Lipinski definition) is 3. The summed E-state index contributed by atoms with van der Waals surface area (Å²) >= 11 is 0. The lowest BCUT2D eigenvalue weighted by molar-refractivity contribution is -0.129. The van der Waals surface area contributed by atoms with E-state index in [1.165, 1.54) is 0 Å². The van der Waals surface area contributed by atoms with Crippen LogP contribution >= 0.6 is 7.82 Å². The van der Waals surface area contributed by atoms with Crippen molar-refractivity contribution < 1.29 is 73.0 Å². The van der Waals surface area contributed by atoms with Gasteiger partial charge in [-0.05, 0) is 16.7 Å². The maximum atomic E-state index is 12.7. The Bertz CT molecular complexity index is 672. The summed E-state index contributed by atoms with van der Waals surface area (Å²) in [5.74, 6) is 0. The summed E-state index contributed by atoms with van der Waals surface area (Å²) in [4.78, 5) is 0. The molecule has 0 saturated carbocycles. The van der Waals surface area contributed by atoms with Gasteiger partial charge in [-0.1, -0.05) is 18.2 Å². The molecule has 206 valence electrons. The highest BCUT2D eigenvalue weighted by Gasteiger charge is 2.31. The van der Waals surface area contributed by atoms with E-state index in [-0.39, 0.29) is 0 Å². The fraction of sp³-hybridized carbons (Fsp3) is 0.667. The van der Waals surface area contributed by atoms with Crippen LogP contribution in [0.15, 0.2) is 34.9 Å². The van der Waals surface area contributed by atoms with E-state index in [4.69, 9.17) is 28.9 Å². The first-order valence-corrected chi connectivity index (χ1v) is 11.0. The van der Waals surface area contributed by atoms with E-state index in [0.717, 1.165) is 0 Å². The molecule has 0 radical (unpaired) electrons. The number of hydrogen-bond acceptors (Lipinski definition) is 7. The summed E-state index contributed by atoms with van der Waals surface area (Å²) in [5, 5.41) is 26.9. The van der Waals surface area contributed by atoms with Gasteiger partial charge in [0, 0.05) is 0 Å². The standard InChI is InChI=1S/C18H24F9O7P/c19-16(20,21)7-13(10-28)1-4-32-35(31,33-5-2-14(11-29)8-17(22,23)24)34-6-3-15(12-30)9-18(25,26)27/h1-3,28-30H,4-12H2/b13-1-,14-2-,15-3-. The number of phosphoric ester groups is 1. The molecule has 0 aliphatic heterocycles. The van der Waals surface area contributed by atoms with Crippen LogP contribution in [0.1, 0.15) is 19.3 Å². The molecule has 3 N–H and O–H groups in total. The van der Waals surface area contributed by atoms with Gasteiger partial charge in [0.2, 0.25) is 0 Å². The molecule has 0 aromatic carbocycles. The van der Waals surface area contributed by atoms with Crippen molar-refractivity contribution >= 4 is 7.82 Å². The quantitative estimate of drug-likeness (QED) is 0.152. The molecule has 0 saturated heterocycles. The van der Waals surface area contributed by atoms with E-state index in [1.54, 1.807) is 0 Å². The van der Waals surface area contributed by atoms with Gasteiger partial charge >= 0.3 is 26.4 Å². The Morgan fingerprint density at radius 1 is 0.571 bits per heavy atom. The minimum Gasteiger partial charge on any atom is -0.392 e. The van der Waals surface area contributed by atoms with E-state index in [9.17, 15) is 44.1 Å². The fourth-order valence-corrected chi connectivity index (χ4v) is 3.20. The van der Waals surface area contributed by atoms with Gasteiger partial charge in [-0.15, -0.1) is 0 Å². The van der Waals surface area contributed by atoms with E-state index >= 15 is 0 Å². The molecule has 7 nitrogen and oxygen atoms in total. The van der Waals surface area contributed by atoms with Crippen molar-refractivity contribution in [2.75, 3.05) is 39.6 Å². The van der Waals surface area contributed by atoms with E-state index < -0.39 is 102 Å². The lowest BCUT2D eigenvalue weighted by Crippen LogP contribution is -2.12. The van der Waals surface area contributed by atoms with E-state index in [0.29, 0.717) is 18.2 Å². The Morgan fingerprint density at radius 3 is 0.971 bits per heavy atom. The molecule has 0 aliphatic carbocycles. The second-order valence-corrected chi connectivity index (χ2v) is 8.44. The van der Waals surface area contributed by atoms with Gasteiger partial charge in [-0.2, -0.15) is 39.5 Å². The van der Waals surface area contributed by atoms with E-state index in [2.05, 4.69) is 0 Å². The minimum absolute atomic E-state index is 0.593. The summed E-state index contributed by atoms with van der Waals surface area (Å²) < 4.78 is 139. The van der Waals surface area contributed by atoms with Gasteiger partial charge in [0.1, 0.15) is 0 Å². The third-order valence-electron chi connectivity index (χ3n) is 3.71. The highest BCUT2D eigenvalue weighted by molar-refractivity contribution is 7.48. The number of aliphatic hydroxyl groups is 3. The first-order valence-electron chi connectivity index (χ1n) is 9.52. The van der Waals surface area contributed by atoms with Gasteiger partial charge < -0.3 is 15.3 Å². The lowest BCUT2D eigenvalue weighted by atomic mass is 10.2. The van der Waals surface area contributed by atoms with Crippen molar-refractivity contribution in [3.63, 3.8) is 0 Å². The summed E-state index contributed by atoms with van der Waals surface area (Å²) in [5.41, 5.74) is -1.78. The average Bonchev–Trinajstić information content (AvgIpc) is 2.68. The molecule has 0 aliphatic rings. The predicted molar refractivity (Wildman–Crippen MR) is 103 cm³/mol. The summed E-state index contributed by atoms with van der Waals surface area (Å²) in [6, 6.07) is 0. The summed E-state index contributed by atoms with van der Waals surface area (Å²) in [6.45, 7) is -5.84. The topological polar surface area (TPSA) is 105 Å². The smallest absolute Gasteiger partial charge is 0.392 e. The second kappa shape index (κ2) is 15.0. The molecule has 0 spiro atoms.